The Hall–Kier alpha value is -2.95. The van der Waals surface area contributed by atoms with E-state index in [0.29, 0.717) is 5.69 Å². The molecular formula is C20H17NO4. The normalized spacial score (nSPS) is 26.1. The van der Waals surface area contributed by atoms with Crippen molar-refractivity contribution in [3.63, 3.8) is 0 Å². The molecule has 1 N–H and O–H groups in total. The minimum atomic E-state index is -1.03. The van der Waals surface area contributed by atoms with Gasteiger partial charge in [-0.25, -0.2) is 4.79 Å². The summed E-state index contributed by atoms with van der Waals surface area (Å²) in [6, 6.07) is 15.1. The van der Waals surface area contributed by atoms with Gasteiger partial charge in [-0.15, -0.1) is 0 Å². The lowest BCUT2D eigenvalue weighted by atomic mass is 9.90. The summed E-state index contributed by atoms with van der Waals surface area (Å²) in [5.74, 6) is -2.91. The van der Waals surface area contributed by atoms with Crippen molar-refractivity contribution in [2.45, 2.75) is 18.3 Å². The number of rotatable bonds is 3. The zero-order chi connectivity index (χ0) is 17.8. The standard InChI is InChI=1S/C20H17NO4/c1-11-8-9-14-13(10-11)20(19(24)21-14)15(12-6-4-3-5-7-12)16(20)17(22)18(23)25-2/h3-10,15-16H,1-2H3,(H,21,24)/t15-,16+,20+/m0/s1. The maximum atomic E-state index is 12.9. The molecule has 4 rings (SSSR count). The van der Waals surface area contributed by atoms with E-state index in [1.807, 2.05) is 55.5 Å². The lowest BCUT2D eigenvalue weighted by Crippen LogP contribution is -2.28. The van der Waals surface area contributed by atoms with Crippen LogP contribution in [0.1, 0.15) is 22.6 Å². The molecule has 3 atom stereocenters. The molecule has 1 saturated carbocycles. The van der Waals surface area contributed by atoms with Crippen molar-refractivity contribution in [3.05, 3.63) is 65.2 Å². The number of amides is 1. The van der Waals surface area contributed by atoms with E-state index in [2.05, 4.69) is 10.1 Å². The van der Waals surface area contributed by atoms with Crippen molar-refractivity contribution in [1.29, 1.82) is 0 Å². The molecule has 1 heterocycles. The number of benzene rings is 2. The van der Waals surface area contributed by atoms with Crippen LogP contribution >= 0.6 is 0 Å². The molecule has 1 fully saturated rings. The van der Waals surface area contributed by atoms with Crippen LogP contribution in [0.3, 0.4) is 0 Å². The van der Waals surface area contributed by atoms with Gasteiger partial charge >= 0.3 is 5.97 Å². The van der Waals surface area contributed by atoms with Crippen LogP contribution in [0.2, 0.25) is 0 Å². The van der Waals surface area contributed by atoms with Crippen molar-refractivity contribution < 1.29 is 19.1 Å². The number of esters is 1. The molecule has 2 aromatic carbocycles. The van der Waals surface area contributed by atoms with Crippen molar-refractivity contribution in [2.75, 3.05) is 12.4 Å². The van der Waals surface area contributed by atoms with Gasteiger partial charge in [0, 0.05) is 11.6 Å². The van der Waals surface area contributed by atoms with Crippen molar-refractivity contribution in [3.8, 4) is 0 Å². The zero-order valence-electron chi connectivity index (χ0n) is 13.9. The Morgan fingerprint density at radius 3 is 2.52 bits per heavy atom. The summed E-state index contributed by atoms with van der Waals surface area (Å²) in [5.41, 5.74) is 2.32. The molecule has 1 spiro atoms. The van der Waals surface area contributed by atoms with E-state index >= 15 is 0 Å². The second-order valence-corrected chi connectivity index (χ2v) is 6.59. The molecule has 0 radical (unpaired) electrons. The van der Waals surface area contributed by atoms with E-state index in [1.54, 1.807) is 0 Å². The highest BCUT2D eigenvalue weighted by molar-refractivity contribution is 6.38. The van der Waals surface area contributed by atoms with E-state index in [1.165, 1.54) is 7.11 Å². The molecule has 5 heteroatoms. The van der Waals surface area contributed by atoms with Crippen LogP contribution in [-0.2, 0) is 24.5 Å². The van der Waals surface area contributed by atoms with Gasteiger partial charge in [-0.3, -0.25) is 9.59 Å². The Balaban J connectivity index is 1.90. The molecule has 126 valence electrons. The molecule has 2 aromatic rings. The smallest absolute Gasteiger partial charge is 0.374 e. The molecule has 1 aliphatic carbocycles. The van der Waals surface area contributed by atoms with Gasteiger partial charge in [-0.2, -0.15) is 0 Å². The van der Waals surface area contributed by atoms with Crippen molar-refractivity contribution >= 4 is 23.3 Å². The van der Waals surface area contributed by atoms with E-state index in [4.69, 9.17) is 0 Å². The summed E-state index contributed by atoms with van der Waals surface area (Å²) in [6.45, 7) is 1.94. The second-order valence-electron chi connectivity index (χ2n) is 6.59. The number of ketones is 1. The highest BCUT2D eigenvalue weighted by Gasteiger charge is 2.76. The fraction of sp³-hybridized carbons (Fsp3) is 0.250. The summed E-state index contributed by atoms with van der Waals surface area (Å²) in [7, 11) is 1.18. The first-order valence-electron chi connectivity index (χ1n) is 8.11. The van der Waals surface area contributed by atoms with Gasteiger partial charge < -0.3 is 10.1 Å². The van der Waals surface area contributed by atoms with E-state index in [-0.39, 0.29) is 11.8 Å². The maximum absolute atomic E-state index is 12.9. The summed E-state index contributed by atoms with van der Waals surface area (Å²) >= 11 is 0. The molecule has 0 aromatic heterocycles. The van der Waals surface area contributed by atoms with E-state index in [0.717, 1.165) is 16.7 Å². The molecule has 0 bridgehead atoms. The third-order valence-corrected chi connectivity index (χ3v) is 5.28. The number of anilines is 1. The van der Waals surface area contributed by atoms with E-state index < -0.39 is 23.1 Å². The van der Waals surface area contributed by atoms with Gasteiger partial charge in [0.25, 0.3) is 0 Å². The number of aryl methyl sites for hydroxylation is 1. The topological polar surface area (TPSA) is 72.5 Å². The molecular weight excluding hydrogens is 318 g/mol. The third kappa shape index (κ3) is 1.98. The van der Waals surface area contributed by atoms with Gasteiger partial charge in [-0.1, -0.05) is 48.0 Å². The van der Waals surface area contributed by atoms with Crippen LogP contribution < -0.4 is 5.32 Å². The summed E-state index contributed by atoms with van der Waals surface area (Å²) in [5, 5.41) is 2.88. The Kier molecular flexibility index (Phi) is 3.29. The first-order chi connectivity index (χ1) is 12.0. The number of hydrogen-bond donors (Lipinski definition) is 1. The lowest BCUT2D eigenvalue weighted by molar-refractivity contribution is -0.152. The number of nitrogens with one attached hydrogen (secondary N) is 1. The first kappa shape index (κ1) is 15.6. The van der Waals surface area contributed by atoms with Crippen LogP contribution in [-0.4, -0.2) is 24.8 Å². The summed E-state index contributed by atoms with van der Waals surface area (Å²) in [4.78, 5) is 37.5. The fourth-order valence-electron chi connectivity index (χ4n) is 4.16. The number of Topliss-reactive ketones (excluding diaryl/α,β-unsaturated/α-hetero) is 1. The van der Waals surface area contributed by atoms with E-state index in [9.17, 15) is 14.4 Å². The number of methoxy groups -OCH3 is 1. The van der Waals surface area contributed by atoms with Crippen LogP contribution in [0.15, 0.2) is 48.5 Å². The predicted molar refractivity (Wildman–Crippen MR) is 91.2 cm³/mol. The van der Waals surface area contributed by atoms with Gasteiger partial charge in [0.2, 0.25) is 11.7 Å². The van der Waals surface area contributed by atoms with Crippen molar-refractivity contribution in [1.82, 2.24) is 0 Å². The quantitative estimate of drug-likeness (QED) is 0.690. The Morgan fingerprint density at radius 1 is 1.12 bits per heavy atom. The Bertz CT molecular complexity index is 905. The van der Waals surface area contributed by atoms with Crippen LogP contribution in [0, 0.1) is 12.8 Å². The molecule has 0 unspecified atom stereocenters. The van der Waals surface area contributed by atoms with Gasteiger partial charge in [0.05, 0.1) is 18.4 Å². The average Bonchev–Trinajstić information content (AvgIpc) is 3.25. The monoisotopic (exact) mass is 335 g/mol. The summed E-state index contributed by atoms with van der Waals surface area (Å²) < 4.78 is 4.63. The molecule has 1 aliphatic heterocycles. The highest BCUT2D eigenvalue weighted by atomic mass is 16.5. The fourth-order valence-corrected chi connectivity index (χ4v) is 4.16. The SMILES string of the molecule is COC(=O)C(=O)[C@H]1[C@H](c2ccccc2)[C@@]12C(=O)Nc1ccc(C)cc12. The largest absolute Gasteiger partial charge is 0.463 e. The van der Waals surface area contributed by atoms with Crippen LogP contribution in [0.25, 0.3) is 0 Å². The van der Waals surface area contributed by atoms with Crippen molar-refractivity contribution in [2.24, 2.45) is 5.92 Å². The Labute approximate surface area is 145 Å². The van der Waals surface area contributed by atoms with Crippen LogP contribution in [0.5, 0.6) is 0 Å². The number of carbonyl (C=O) groups excluding carboxylic acids is 3. The molecule has 0 saturated heterocycles. The number of hydrogen-bond acceptors (Lipinski definition) is 4. The first-order valence-corrected chi connectivity index (χ1v) is 8.11. The maximum Gasteiger partial charge on any atom is 0.374 e. The third-order valence-electron chi connectivity index (χ3n) is 5.28. The minimum Gasteiger partial charge on any atom is -0.463 e. The predicted octanol–water partition coefficient (Wildman–Crippen LogP) is 2.34. The zero-order valence-corrected chi connectivity index (χ0v) is 13.9. The van der Waals surface area contributed by atoms with Gasteiger partial charge in [-0.05, 0) is 24.1 Å². The number of fused-ring (bicyclic) bond motifs is 2. The Morgan fingerprint density at radius 2 is 1.84 bits per heavy atom. The molecule has 2 aliphatic rings. The van der Waals surface area contributed by atoms with Gasteiger partial charge in [0.1, 0.15) is 0 Å². The summed E-state index contributed by atoms with van der Waals surface area (Å²) in [6.07, 6.45) is 0. The minimum absolute atomic E-state index is 0.232. The molecule has 1 amide bonds. The molecule has 5 nitrogen and oxygen atoms in total. The molecule has 25 heavy (non-hydrogen) atoms. The number of carbonyl (C=O) groups is 3. The highest BCUT2D eigenvalue weighted by Crippen LogP contribution is 2.69. The number of ether oxygens (including phenoxy) is 1. The average molecular weight is 335 g/mol. The van der Waals surface area contributed by atoms with Gasteiger partial charge in [0.15, 0.2) is 0 Å². The second kappa shape index (κ2) is 5.28. The van der Waals surface area contributed by atoms with Crippen LogP contribution in [0.4, 0.5) is 5.69 Å². The lowest BCUT2D eigenvalue weighted by Gasteiger charge is -2.10.